The molecule has 2 fully saturated rings. The first kappa shape index (κ1) is 17.4. The van der Waals surface area contributed by atoms with Gasteiger partial charge in [0.1, 0.15) is 0 Å². The minimum Gasteiger partial charge on any atom is -0.396 e. The molecule has 1 aromatic carbocycles. The number of rotatable bonds is 5. The Kier molecular flexibility index (Phi) is 5.03. The number of aliphatic hydroxyl groups is 1. The molecule has 7 heteroatoms. The molecule has 0 spiro atoms. The van der Waals surface area contributed by atoms with Crippen molar-refractivity contribution in [3.8, 4) is 0 Å². The van der Waals surface area contributed by atoms with Crippen LogP contribution in [-0.4, -0.2) is 42.5 Å². The number of piperidine rings is 1. The smallest absolute Gasteiger partial charge is 0.313 e. The number of aliphatic hydroxyl groups excluding tert-OH is 1. The summed E-state index contributed by atoms with van der Waals surface area (Å²) in [7, 11) is 0. The zero-order valence-corrected chi connectivity index (χ0v) is 14.1. The van der Waals surface area contributed by atoms with Crippen LogP contribution in [-0.2, 0) is 14.4 Å². The lowest BCUT2D eigenvalue weighted by atomic mass is 10.1. The van der Waals surface area contributed by atoms with Crippen LogP contribution in [0, 0.1) is 5.41 Å². The third kappa shape index (κ3) is 4.17. The predicted molar refractivity (Wildman–Crippen MR) is 93.0 cm³/mol. The first-order valence-electron chi connectivity index (χ1n) is 8.63. The Hall–Kier alpha value is -2.41. The van der Waals surface area contributed by atoms with Gasteiger partial charge in [0, 0.05) is 36.3 Å². The molecule has 25 heavy (non-hydrogen) atoms. The molecule has 1 aliphatic heterocycles. The average Bonchev–Trinajstić information content (AvgIpc) is 3.41. The van der Waals surface area contributed by atoms with Crippen molar-refractivity contribution in [1.82, 2.24) is 5.32 Å². The number of hydrogen-bond donors (Lipinski definition) is 3. The van der Waals surface area contributed by atoms with Crippen LogP contribution in [0.3, 0.4) is 0 Å². The van der Waals surface area contributed by atoms with Crippen LogP contribution in [0.2, 0.25) is 0 Å². The molecule has 1 heterocycles. The van der Waals surface area contributed by atoms with Gasteiger partial charge in [0.15, 0.2) is 0 Å². The molecule has 1 aromatic rings. The molecule has 3 rings (SSSR count). The highest BCUT2D eigenvalue weighted by Gasteiger charge is 2.42. The standard InChI is InChI=1S/C18H23N3O4/c22-12-18(7-8-18)11-19-16(24)17(25)20-13-4-3-5-14(10-13)21-9-2-1-6-15(21)23/h3-5,10,22H,1-2,6-9,11-12H2,(H,19,24)(H,20,25). The monoisotopic (exact) mass is 345 g/mol. The quantitative estimate of drug-likeness (QED) is 0.694. The second kappa shape index (κ2) is 7.23. The van der Waals surface area contributed by atoms with Crippen molar-refractivity contribution in [2.75, 3.05) is 29.9 Å². The van der Waals surface area contributed by atoms with E-state index in [1.54, 1.807) is 23.1 Å². The molecule has 0 aromatic heterocycles. The molecule has 1 saturated carbocycles. The van der Waals surface area contributed by atoms with Gasteiger partial charge < -0.3 is 20.6 Å². The van der Waals surface area contributed by atoms with E-state index in [9.17, 15) is 19.5 Å². The first-order chi connectivity index (χ1) is 12.0. The van der Waals surface area contributed by atoms with Crippen LogP contribution >= 0.6 is 0 Å². The molecule has 0 radical (unpaired) electrons. The SMILES string of the molecule is O=C(NCC1(CO)CC1)C(=O)Nc1cccc(N2CCCCC2=O)c1. The van der Waals surface area contributed by atoms with Gasteiger partial charge in [0.05, 0.1) is 6.61 Å². The Balaban J connectivity index is 1.58. The van der Waals surface area contributed by atoms with Crippen molar-refractivity contribution in [3.05, 3.63) is 24.3 Å². The lowest BCUT2D eigenvalue weighted by Crippen LogP contribution is -2.39. The molecule has 7 nitrogen and oxygen atoms in total. The van der Waals surface area contributed by atoms with Crippen LogP contribution in [0.1, 0.15) is 32.1 Å². The third-order valence-corrected chi connectivity index (χ3v) is 4.86. The molecule has 3 amide bonds. The van der Waals surface area contributed by atoms with Crippen LogP contribution in [0.4, 0.5) is 11.4 Å². The zero-order chi connectivity index (χ0) is 17.9. The van der Waals surface area contributed by atoms with Crippen molar-refractivity contribution in [2.45, 2.75) is 32.1 Å². The number of anilines is 2. The summed E-state index contributed by atoms with van der Waals surface area (Å²) in [5, 5.41) is 14.4. The van der Waals surface area contributed by atoms with Gasteiger partial charge in [-0.05, 0) is 43.9 Å². The number of benzene rings is 1. The molecule has 134 valence electrons. The van der Waals surface area contributed by atoms with E-state index in [1.807, 2.05) is 6.07 Å². The average molecular weight is 345 g/mol. The van der Waals surface area contributed by atoms with Crippen molar-refractivity contribution >= 4 is 29.1 Å². The van der Waals surface area contributed by atoms with E-state index in [0.29, 0.717) is 25.2 Å². The summed E-state index contributed by atoms with van der Waals surface area (Å²) in [6.45, 7) is 0.985. The molecule has 0 bridgehead atoms. The summed E-state index contributed by atoms with van der Waals surface area (Å²) in [5.41, 5.74) is 0.948. The third-order valence-electron chi connectivity index (χ3n) is 4.86. The molecule has 1 aliphatic carbocycles. The van der Waals surface area contributed by atoms with Gasteiger partial charge in [0.25, 0.3) is 0 Å². The van der Waals surface area contributed by atoms with E-state index in [4.69, 9.17) is 0 Å². The number of nitrogens with one attached hydrogen (secondary N) is 2. The summed E-state index contributed by atoms with van der Waals surface area (Å²) in [6, 6.07) is 6.94. The van der Waals surface area contributed by atoms with E-state index in [-0.39, 0.29) is 17.9 Å². The van der Waals surface area contributed by atoms with Crippen molar-refractivity contribution < 1.29 is 19.5 Å². The highest BCUT2D eigenvalue weighted by atomic mass is 16.3. The first-order valence-corrected chi connectivity index (χ1v) is 8.63. The lowest BCUT2D eigenvalue weighted by Gasteiger charge is -2.27. The second-order valence-corrected chi connectivity index (χ2v) is 6.85. The molecule has 0 unspecified atom stereocenters. The van der Waals surface area contributed by atoms with Crippen LogP contribution in [0.25, 0.3) is 0 Å². The maximum absolute atomic E-state index is 12.0. The number of amides is 3. The van der Waals surface area contributed by atoms with Crippen molar-refractivity contribution in [2.24, 2.45) is 5.41 Å². The van der Waals surface area contributed by atoms with Crippen LogP contribution in [0.15, 0.2) is 24.3 Å². The fourth-order valence-corrected chi connectivity index (χ4v) is 2.93. The Morgan fingerprint density at radius 2 is 2.00 bits per heavy atom. The van der Waals surface area contributed by atoms with Gasteiger partial charge in [-0.25, -0.2) is 0 Å². The Morgan fingerprint density at radius 1 is 1.20 bits per heavy atom. The van der Waals surface area contributed by atoms with E-state index in [2.05, 4.69) is 10.6 Å². The maximum atomic E-state index is 12.0. The molecule has 2 aliphatic rings. The van der Waals surface area contributed by atoms with Gasteiger partial charge in [0.2, 0.25) is 5.91 Å². The van der Waals surface area contributed by atoms with Gasteiger partial charge in [-0.1, -0.05) is 6.07 Å². The fraction of sp³-hybridized carbons (Fsp3) is 0.500. The largest absolute Gasteiger partial charge is 0.396 e. The van der Waals surface area contributed by atoms with E-state index < -0.39 is 11.8 Å². The minimum atomic E-state index is -0.754. The summed E-state index contributed by atoms with van der Waals surface area (Å²) in [6.07, 6.45) is 4.11. The van der Waals surface area contributed by atoms with Gasteiger partial charge in [-0.2, -0.15) is 0 Å². The van der Waals surface area contributed by atoms with Gasteiger partial charge >= 0.3 is 11.8 Å². The normalized spacial score (nSPS) is 18.6. The Bertz CT molecular complexity index is 685. The highest BCUT2D eigenvalue weighted by Crippen LogP contribution is 2.44. The fourth-order valence-electron chi connectivity index (χ4n) is 2.93. The number of nitrogens with zero attached hydrogens (tertiary/aromatic N) is 1. The van der Waals surface area contributed by atoms with Crippen molar-refractivity contribution in [3.63, 3.8) is 0 Å². The summed E-state index contributed by atoms with van der Waals surface area (Å²) in [5.74, 6) is -1.40. The van der Waals surface area contributed by atoms with Crippen molar-refractivity contribution in [1.29, 1.82) is 0 Å². The Labute approximate surface area is 146 Å². The Morgan fingerprint density at radius 3 is 2.68 bits per heavy atom. The minimum absolute atomic E-state index is 0.0147. The van der Waals surface area contributed by atoms with Crippen LogP contribution < -0.4 is 15.5 Å². The molecule has 3 N–H and O–H groups in total. The van der Waals surface area contributed by atoms with E-state index in [1.165, 1.54) is 0 Å². The second-order valence-electron chi connectivity index (χ2n) is 6.85. The molecule has 0 atom stereocenters. The zero-order valence-electron chi connectivity index (χ0n) is 14.1. The summed E-state index contributed by atoms with van der Waals surface area (Å²) >= 11 is 0. The number of carbonyl (C=O) groups is 3. The van der Waals surface area contributed by atoms with E-state index >= 15 is 0 Å². The number of hydrogen-bond acceptors (Lipinski definition) is 4. The number of carbonyl (C=O) groups excluding carboxylic acids is 3. The van der Waals surface area contributed by atoms with Crippen LogP contribution in [0.5, 0.6) is 0 Å². The summed E-state index contributed by atoms with van der Waals surface area (Å²) in [4.78, 5) is 37.6. The van der Waals surface area contributed by atoms with Gasteiger partial charge in [-0.15, -0.1) is 0 Å². The van der Waals surface area contributed by atoms with Gasteiger partial charge in [-0.3, -0.25) is 14.4 Å². The highest BCUT2D eigenvalue weighted by molar-refractivity contribution is 6.39. The van der Waals surface area contributed by atoms with E-state index in [0.717, 1.165) is 31.4 Å². The molecular weight excluding hydrogens is 322 g/mol. The topological polar surface area (TPSA) is 98.7 Å². The maximum Gasteiger partial charge on any atom is 0.313 e. The predicted octanol–water partition coefficient (Wildman–Crippen LogP) is 1.03. The molecular formula is C18H23N3O4. The molecule has 1 saturated heterocycles. The lowest BCUT2D eigenvalue weighted by molar-refractivity contribution is -0.136. The summed E-state index contributed by atoms with van der Waals surface area (Å²) < 4.78 is 0.